The quantitative estimate of drug-likeness (QED) is 0.722. The number of carbonyl (C=O) groups is 3. The monoisotopic (exact) mass is 395 g/mol. The Balaban J connectivity index is 1.43. The zero-order chi connectivity index (χ0) is 20.8. The fraction of sp³-hybridized carbons (Fsp3) is 0.318. The summed E-state index contributed by atoms with van der Waals surface area (Å²) in [4.78, 5) is 39.7. The van der Waals surface area contributed by atoms with Crippen molar-refractivity contribution in [2.45, 2.75) is 13.8 Å². The fourth-order valence-corrected chi connectivity index (χ4v) is 3.47. The Labute approximate surface area is 170 Å². The first-order chi connectivity index (χ1) is 13.9. The highest BCUT2D eigenvalue weighted by Gasteiger charge is 2.26. The highest BCUT2D eigenvalue weighted by atomic mass is 16.2. The molecular formula is C22H27N4O3+. The number of benzene rings is 2. The molecular weight excluding hydrogens is 368 g/mol. The van der Waals surface area contributed by atoms with E-state index in [1.165, 1.54) is 0 Å². The Kier molecular flexibility index (Phi) is 6.61. The fourth-order valence-electron chi connectivity index (χ4n) is 3.47. The summed E-state index contributed by atoms with van der Waals surface area (Å²) >= 11 is 0. The van der Waals surface area contributed by atoms with Gasteiger partial charge in [0.15, 0.2) is 6.54 Å². The predicted molar refractivity (Wildman–Crippen MR) is 111 cm³/mol. The molecule has 0 radical (unpaired) electrons. The molecule has 0 saturated carbocycles. The first-order valence-corrected chi connectivity index (χ1v) is 9.78. The number of nitrogens with one attached hydrogen (secondary N) is 3. The highest BCUT2D eigenvalue weighted by Crippen LogP contribution is 2.15. The van der Waals surface area contributed by atoms with E-state index in [9.17, 15) is 14.4 Å². The van der Waals surface area contributed by atoms with E-state index in [4.69, 9.17) is 0 Å². The second kappa shape index (κ2) is 9.34. The molecule has 0 atom stereocenters. The van der Waals surface area contributed by atoms with Crippen molar-refractivity contribution in [3.8, 4) is 0 Å². The maximum atomic E-state index is 12.5. The molecule has 3 N–H and O–H groups in total. The lowest BCUT2D eigenvalue weighted by Gasteiger charge is -2.31. The Morgan fingerprint density at radius 1 is 1.00 bits per heavy atom. The van der Waals surface area contributed by atoms with Gasteiger partial charge in [-0.15, -0.1) is 0 Å². The van der Waals surface area contributed by atoms with E-state index in [0.29, 0.717) is 37.4 Å². The summed E-state index contributed by atoms with van der Waals surface area (Å²) < 4.78 is 0. The second-order valence-electron chi connectivity index (χ2n) is 7.41. The van der Waals surface area contributed by atoms with Gasteiger partial charge in [0, 0.05) is 11.3 Å². The van der Waals surface area contributed by atoms with Crippen molar-refractivity contribution in [1.29, 1.82) is 0 Å². The molecule has 0 aliphatic carbocycles. The van der Waals surface area contributed by atoms with Crippen LogP contribution in [0.5, 0.6) is 0 Å². The maximum absolute atomic E-state index is 12.5. The van der Waals surface area contributed by atoms with E-state index in [2.05, 4.69) is 10.6 Å². The smallest absolute Gasteiger partial charge is 0.326 e. The van der Waals surface area contributed by atoms with Crippen LogP contribution in [0.1, 0.15) is 21.5 Å². The SMILES string of the molecule is Cc1ccc(NC(=O)NC(=O)C[NH+]2CCN(C(=O)c3ccccc3)CC2)c(C)c1. The molecule has 0 spiro atoms. The van der Waals surface area contributed by atoms with Crippen LogP contribution in [0.3, 0.4) is 0 Å². The number of amides is 4. The van der Waals surface area contributed by atoms with Crippen molar-refractivity contribution >= 4 is 23.5 Å². The number of quaternary nitrogens is 1. The average molecular weight is 395 g/mol. The molecule has 7 heteroatoms. The molecule has 1 heterocycles. The number of anilines is 1. The number of hydrogen-bond acceptors (Lipinski definition) is 3. The number of piperazine rings is 1. The van der Waals surface area contributed by atoms with Gasteiger partial charge in [0.1, 0.15) is 0 Å². The van der Waals surface area contributed by atoms with Crippen LogP contribution in [0.2, 0.25) is 0 Å². The molecule has 0 unspecified atom stereocenters. The molecule has 7 nitrogen and oxygen atoms in total. The molecule has 0 aromatic heterocycles. The summed E-state index contributed by atoms with van der Waals surface area (Å²) in [6.45, 7) is 6.61. The van der Waals surface area contributed by atoms with Crippen molar-refractivity contribution in [2.75, 3.05) is 38.0 Å². The largest absolute Gasteiger partial charge is 0.327 e. The van der Waals surface area contributed by atoms with E-state index in [1.54, 1.807) is 0 Å². The summed E-state index contributed by atoms with van der Waals surface area (Å²) in [5, 5.41) is 5.10. The number of carbonyl (C=O) groups excluding carboxylic acids is 3. The number of rotatable bonds is 4. The maximum Gasteiger partial charge on any atom is 0.326 e. The minimum absolute atomic E-state index is 0.0157. The molecule has 1 aliphatic heterocycles. The normalized spacial score (nSPS) is 14.3. The molecule has 4 amide bonds. The molecule has 1 fully saturated rings. The van der Waals surface area contributed by atoms with Crippen LogP contribution < -0.4 is 15.5 Å². The van der Waals surface area contributed by atoms with Crippen LogP contribution >= 0.6 is 0 Å². The molecule has 152 valence electrons. The summed E-state index contributed by atoms with van der Waals surface area (Å²) in [6, 6.07) is 14.4. The van der Waals surface area contributed by atoms with Gasteiger partial charge in [-0.1, -0.05) is 35.9 Å². The molecule has 29 heavy (non-hydrogen) atoms. The molecule has 2 aromatic carbocycles. The number of nitrogens with zero attached hydrogens (tertiary/aromatic N) is 1. The van der Waals surface area contributed by atoms with Crippen LogP contribution in [-0.2, 0) is 4.79 Å². The third kappa shape index (κ3) is 5.65. The molecule has 1 saturated heterocycles. The molecule has 3 rings (SSSR count). The topological polar surface area (TPSA) is 82.9 Å². The Morgan fingerprint density at radius 3 is 2.34 bits per heavy atom. The predicted octanol–water partition coefficient (Wildman–Crippen LogP) is 0.992. The van der Waals surface area contributed by atoms with Gasteiger partial charge in [0.05, 0.1) is 26.2 Å². The van der Waals surface area contributed by atoms with Gasteiger partial charge in [-0.25, -0.2) is 4.79 Å². The number of hydrogen-bond donors (Lipinski definition) is 3. The van der Waals surface area contributed by atoms with Crippen molar-refractivity contribution in [3.63, 3.8) is 0 Å². The number of urea groups is 1. The van der Waals surface area contributed by atoms with E-state index >= 15 is 0 Å². The summed E-state index contributed by atoms with van der Waals surface area (Å²) in [6.07, 6.45) is 0. The first-order valence-electron chi connectivity index (χ1n) is 9.78. The van der Waals surface area contributed by atoms with E-state index in [-0.39, 0.29) is 18.4 Å². The van der Waals surface area contributed by atoms with E-state index in [1.807, 2.05) is 67.3 Å². The van der Waals surface area contributed by atoms with E-state index < -0.39 is 6.03 Å². The van der Waals surface area contributed by atoms with Crippen molar-refractivity contribution < 1.29 is 19.3 Å². The number of aryl methyl sites for hydroxylation is 2. The lowest BCUT2D eigenvalue weighted by molar-refractivity contribution is -0.895. The van der Waals surface area contributed by atoms with Gasteiger partial charge < -0.3 is 15.1 Å². The van der Waals surface area contributed by atoms with Crippen molar-refractivity contribution in [3.05, 3.63) is 65.2 Å². The third-order valence-electron chi connectivity index (χ3n) is 5.07. The van der Waals surface area contributed by atoms with Gasteiger partial charge in [0.25, 0.3) is 11.8 Å². The van der Waals surface area contributed by atoms with Gasteiger partial charge in [-0.2, -0.15) is 0 Å². The number of imide groups is 1. The van der Waals surface area contributed by atoms with Crippen LogP contribution in [0.4, 0.5) is 10.5 Å². The van der Waals surface area contributed by atoms with Gasteiger partial charge in [0.2, 0.25) is 0 Å². The van der Waals surface area contributed by atoms with Gasteiger partial charge in [-0.05, 0) is 37.6 Å². The second-order valence-corrected chi connectivity index (χ2v) is 7.41. The van der Waals surface area contributed by atoms with Gasteiger partial charge in [-0.3, -0.25) is 14.9 Å². The average Bonchev–Trinajstić information content (AvgIpc) is 2.70. The summed E-state index contributed by atoms with van der Waals surface area (Å²) in [5.41, 5.74) is 3.41. The Hall–Kier alpha value is -3.19. The molecule has 1 aliphatic rings. The molecule has 0 bridgehead atoms. The summed E-state index contributed by atoms with van der Waals surface area (Å²) in [7, 11) is 0. The van der Waals surface area contributed by atoms with Crippen LogP contribution in [0, 0.1) is 13.8 Å². The molecule has 2 aromatic rings. The minimum Gasteiger partial charge on any atom is -0.327 e. The van der Waals surface area contributed by atoms with Crippen molar-refractivity contribution in [1.82, 2.24) is 10.2 Å². The lowest BCUT2D eigenvalue weighted by atomic mass is 10.1. The zero-order valence-electron chi connectivity index (χ0n) is 16.8. The zero-order valence-corrected chi connectivity index (χ0v) is 16.8. The van der Waals surface area contributed by atoms with Crippen LogP contribution in [-0.4, -0.2) is 55.5 Å². The minimum atomic E-state index is -0.528. The van der Waals surface area contributed by atoms with E-state index in [0.717, 1.165) is 16.0 Å². The lowest BCUT2D eigenvalue weighted by Crippen LogP contribution is -3.15. The van der Waals surface area contributed by atoms with Crippen LogP contribution in [0.15, 0.2) is 48.5 Å². The Morgan fingerprint density at radius 2 is 1.69 bits per heavy atom. The van der Waals surface area contributed by atoms with Crippen LogP contribution in [0.25, 0.3) is 0 Å². The first kappa shape index (κ1) is 20.5. The van der Waals surface area contributed by atoms with Gasteiger partial charge >= 0.3 is 6.03 Å². The standard InChI is InChI=1S/C22H26N4O3/c1-16-8-9-19(17(2)14-16)23-22(29)24-20(27)15-25-10-12-26(13-11-25)21(28)18-6-4-3-5-7-18/h3-9,14H,10-13,15H2,1-2H3,(H2,23,24,27,29)/p+1. The van der Waals surface area contributed by atoms with Crippen molar-refractivity contribution in [2.24, 2.45) is 0 Å². The third-order valence-corrected chi connectivity index (χ3v) is 5.07. The Bertz CT molecular complexity index is 890. The highest BCUT2D eigenvalue weighted by molar-refractivity contribution is 6.01. The summed E-state index contributed by atoms with van der Waals surface area (Å²) in [5.74, 6) is -0.313.